The topological polar surface area (TPSA) is 157 Å². The van der Waals surface area contributed by atoms with Gasteiger partial charge in [0.05, 0.1) is 48.6 Å². The van der Waals surface area contributed by atoms with Crippen molar-refractivity contribution >= 4 is 52.4 Å². The lowest BCUT2D eigenvalue weighted by atomic mass is 9.94. The highest BCUT2D eigenvalue weighted by molar-refractivity contribution is 7.59. The number of rotatable bonds is 12. The Morgan fingerprint density at radius 3 is 2.49 bits per heavy atom. The van der Waals surface area contributed by atoms with Crippen LogP contribution in [0.5, 0.6) is 11.5 Å². The van der Waals surface area contributed by atoms with Crippen LogP contribution in [0.3, 0.4) is 0 Å². The molecule has 2 aliphatic carbocycles. The Morgan fingerprint density at radius 1 is 0.984 bits per heavy atom. The zero-order valence-corrected chi connectivity index (χ0v) is 38.3. The molecule has 4 heterocycles. The van der Waals surface area contributed by atoms with Crippen molar-refractivity contribution in [1.29, 1.82) is 0 Å². The highest BCUT2D eigenvalue weighted by atomic mass is 32.1. The molecule has 8 rings (SSSR count). The fourth-order valence-corrected chi connectivity index (χ4v) is 13.6. The molecule has 12 nitrogen and oxygen atoms in total. The fourth-order valence-electron chi connectivity index (χ4n) is 10.1. The predicted octanol–water partition coefficient (Wildman–Crippen LogP) is 10.1. The van der Waals surface area contributed by atoms with E-state index >= 15 is 0 Å². The second-order valence-electron chi connectivity index (χ2n) is 18.4. The molecule has 0 bridgehead atoms. The lowest BCUT2D eigenvalue weighted by Gasteiger charge is -2.30. The maximum absolute atomic E-state index is 15.0. The molecule has 4 aromatic rings. The van der Waals surface area contributed by atoms with Crippen molar-refractivity contribution < 1.29 is 42.4 Å². The maximum Gasteiger partial charge on any atom is 0.306 e. The number of Topliss-reactive ketones (excluding diaryl/α,β-unsaturated/α-hetero) is 1. The number of methoxy groups -OCH3 is 1. The number of hydrogen-bond acceptors (Lipinski definition) is 11. The van der Waals surface area contributed by atoms with Crippen molar-refractivity contribution in [2.75, 3.05) is 19.0 Å². The molecule has 2 aromatic heterocycles. The lowest BCUT2D eigenvalue weighted by Crippen LogP contribution is -2.45. The Kier molecular flexibility index (Phi) is 13.9. The summed E-state index contributed by atoms with van der Waals surface area (Å²) in [7, 11) is -2.56. The molecule has 2 saturated heterocycles. The number of ether oxygens (including phenoxy) is 3. The Balaban J connectivity index is 1.13. The summed E-state index contributed by atoms with van der Waals surface area (Å²) in [5, 5.41) is 5.51. The summed E-state index contributed by atoms with van der Waals surface area (Å²) in [6, 6.07) is 12.6. The van der Waals surface area contributed by atoms with Crippen molar-refractivity contribution in [3.05, 3.63) is 65.3 Å². The van der Waals surface area contributed by atoms with Crippen molar-refractivity contribution in [2.24, 2.45) is 11.8 Å². The molecule has 2 saturated carbocycles. The third-order valence-corrected chi connectivity index (χ3v) is 17.2. The third-order valence-electron chi connectivity index (χ3n) is 13.6. The van der Waals surface area contributed by atoms with Crippen LogP contribution in [0.25, 0.3) is 22.3 Å². The van der Waals surface area contributed by atoms with E-state index in [1.807, 2.05) is 43.5 Å². The Hall–Kier alpha value is -4.39. The quantitative estimate of drug-likeness (QED) is 0.103. The van der Waals surface area contributed by atoms with Crippen LogP contribution in [0.4, 0.5) is 9.52 Å². The van der Waals surface area contributed by atoms with Gasteiger partial charge in [-0.15, -0.1) is 11.3 Å². The van der Waals surface area contributed by atoms with E-state index in [0.29, 0.717) is 53.1 Å². The van der Waals surface area contributed by atoms with Gasteiger partial charge in [0.1, 0.15) is 35.2 Å². The fraction of sp³-hybridized carbons (Fsp3) is 0.562. The summed E-state index contributed by atoms with van der Waals surface area (Å²) in [6.07, 6.45) is 8.16. The Labute approximate surface area is 373 Å². The van der Waals surface area contributed by atoms with Crippen LogP contribution in [0.15, 0.2) is 53.9 Å². The minimum atomic E-state index is -4.15. The van der Waals surface area contributed by atoms with Crippen LogP contribution in [0.2, 0.25) is 0 Å². The molecule has 2 aromatic carbocycles. The first-order valence-electron chi connectivity index (χ1n) is 22.8. The van der Waals surface area contributed by atoms with Crippen LogP contribution < -0.4 is 14.8 Å². The number of hydrogen-bond donors (Lipinski definition) is 2. The number of halogens is 1. The second-order valence-corrected chi connectivity index (χ2v) is 21.9. The summed E-state index contributed by atoms with van der Waals surface area (Å²) in [5.41, 5.74) is 2.00. The summed E-state index contributed by atoms with van der Waals surface area (Å²) in [4.78, 5) is 66.6. The maximum atomic E-state index is 15.0. The number of carbonyl (C=O) groups excluding carboxylic acids is 3. The largest absolute Gasteiger partial charge is 0.497 e. The Bertz CT molecular complexity index is 2350. The first-order valence-corrected chi connectivity index (χ1v) is 25.5. The van der Waals surface area contributed by atoms with E-state index in [-0.39, 0.29) is 67.3 Å². The average molecular weight is 903 g/mol. The normalized spacial score (nSPS) is 25.8. The van der Waals surface area contributed by atoms with Crippen molar-refractivity contribution in [1.82, 2.24) is 14.9 Å². The summed E-state index contributed by atoms with van der Waals surface area (Å²) in [5.74, 6) is -1.35. The molecule has 4 aliphatic rings. The SMILES string of the molecule is COc1ccc2c(O[C@@H]3C[C@H]4C(=O)C[C@]5(P(=O)(O)Cc6ccccc6F)C[C@@H]5CCCCCCC[C@H](CC(=O)OC5CCCC5)C(=O)N4C3)cc(-c3csc(NC(C)C)n3)nc2c1. The molecule has 1 unspecified atom stereocenters. The number of fused-ring (bicyclic) bond motifs is 3. The molecule has 4 fully saturated rings. The molecule has 15 heteroatoms. The van der Waals surface area contributed by atoms with E-state index in [1.165, 1.54) is 23.5 Å². The van der Waals surface area contributed by atoms with Gasteiger partial charge >= 0.3 is 5.97 Å². The number of carbonyl (C=O) groups is 3. The van der Waals surface area contributed by atoms with Crippen LogP contribution >= 0.6 is 18.7 Å². The first kappa shape index (κ1) is 45.2. The van der Waals surface area contributed by atoms with Gasteiger partial charge in [-0.1, -0.05) is 50.3 Å². The lowest BCUT2D eigenvalue weighted by molar-refractivity contribution is -0.154. The number of esters is 1. The number of amides is 1. The zero-order chi connectivity index (χ0) is 44.3. The van der Waals surface area contributed by atoms with Crippen molar-refractivity contribution in [2.45, 2.75) is 146 Å². The van der Waals surface area contributed by atoms with Gasteiger partial charge in [0, 0.05) is 47.7 Å². The van der Waals surface area contributed by atoms with Gasteiger partial charge in [0.25, 0.3) is 0 Å². The van der Waals surface area contributed by atoms with Gasteiger partial charge < -0.3 is 29.3 Å². The molecular formula is C48H60FN4O8PS. The summed E-state index contributed by atoms with van der Waals surface area (Å²) < 4.78 is 47.8. The number of nitrogens with one attached hydrogen (secondary N) is 1. The number of benzene rings is 2. The number of pyridine rings is 1. The van der Waals surface area contributed by atoms with Gasteiger partial charge in [-0.2, -0.15) is 0 Å². The smallest absolute Gasteiger partial charge is 0.306 e. The molecule has 63 heavy (non-hydrogen) atoms. The van der Waals surface area contributed by atoms with Gasteiger partial charge in [0.15, 0.2) is 10.9 Å². The number of thiazole rings is 1. The number of nitrogens with zero attached hydrogens (tertiary/aromatic N) is 3. The molecule has 0 spiro atoms. The third kappa shape index (κ3) is 10.3. The van der Waals surface area contributed by atoms with Gasteiger partial charge in [-0.05, 0) is 88.5 Å². The van der Waals surface area contributed by atoms with Crippen LogP contribution in [0.1, 0.15) is 116 Å². The average Bonchev–Trinajstić information content (AvgIpc) is 3.66. The van der Waals surface area contributed by atoms with Crippen LogP contribution in [-0.4, -0.2) is 80.5 Å². The summed E-state index contributed by atoms with van der Waals surface area (Å²) >= 11 is 1.47. The van der Waals surface area contributed by atoms with Gasteiger partial charge in [-0.25, -0.2) is 14.4 Å². The minimum Gasteiger partial charge on any atom is -0.497 e. The molecule has 0 radical (unpaired) electrons. The monoisotopic (exact) mass is 902 g/mol. The van der Waals surface area contributed by atoms with E-state index in [4.69, 9.17) is 24.2 Å². The molecule has 338 valence electrons. The predicted molar refractivity (Wildman–Crippen MR) is 242 cm³/mol. The van der Waals surface area contributed by atoms with Crippen LogP contribution in [-0.2, 0) is 29.8 Å². The highest BCUT2D eigenvalue weighted by Gasteiger charge is 2.65. The van der Waals surface area contributed by atoms with Gasteiger partial charge in [-0.3, -0.25) is 18.9 Å². The standard InChI is InChI=1S/C48H60FN4O8PS/c1-30(2)50-47-52-41(29-63-47)40-24-44(37-20-19-35(59-3)22-39(37)51-40)60-36-23-42-43(54)26-48(62(57,58)28-32-14-9-12-18-38(32)49)25-33(48)15-8-6-4-5-7-13-31(46(56)53(42)27-36)21-45(55)61-34-16-10-11-17-34/h9,12,14,18-20,22,24,29-31,33-34,36,42H,4-8,10-11,13,15-17,21,23,25-28H2,1-3H3,(H,50,52)(H,57,58)/t31-,33+,36-,42+,48-/m1/s1. The molecule has 1 amide bonds. The van der Waals surface area contributed by atoms with Crippen molar-refractivity contribution in [3.8, 4) is 22.9 Å². The summed E-state index contributed by atoms with van der Waals surface area (Å²) in [6.45, 7) is 4.15. The number of ketones is 1. The zero-order valence-electron chi connectivity index (χ0n) is 36.6. The van der Waals surface area contributed by atoms with Crippen molar-refractivity contribution in [3.63, 3.8) is 0 Å². The molecule has 2 aliphatic heterocycles. The van der Waals surface area contributed by atoms with E-state index in [1.54, 1.807) is 24.1 Å². The first-order chi connectivity index (χ1) is 30.3. The van der Waals surface area contributed by atoms with E-state index in [2.05, 4.69) is 5.32 Å². The molecule has 2 N–H and O–H groups in total. The van der Waals surface area contributed by atoms with E-state index < -0.39 is 42.4 Å². The van der Waals surface area contributed by atoms with E-state index in [0.717, 1.165) is 62.9 Å². The molecule has 6 atom stereocenters. The number of anilines is 1. The van der Waals surface area contributed by atoms with Crippen LogP contribution in [0, 0.1) is 17.7 Å². The minimum absolute atomic E-state index is 0.0698. The van der Waals surface area contributed by atoms with E-state index in [9.17, 15) is 28.2 Å². The van der Waals surface area contributed by atoms with Gasteiger partial charge in [0.2, 0.25) is 13.3 Å². The number of aromatic nitrogens is 2. The Morgan fingerprint density at radius 2 is 1.73 bits per heavy atom. The highest BCUT2D eigenvalue weighted by Crippen LogP contribution is 2.75. The second kappa shape index (κ2) is 19.4. The molecular weight excluding hydrogens is 843 g/mol.